The molecule has 0 saturated carbocycles. The van der Waals surface area contributed by atoms with Gasteiger partial charge in [-0.25, -0.2) is 28.0 Å². The number of hydrogen-bond acceptors (Lipinski definition) is 8. The Labute approximate surface area is 405 Å². The van der Waals surface area contributed by atoms with Crippen LogP contribution >= 0.6 is 11.6 Å². The fourth-order valence-corrected chi connectivity index (χ4v) is 7.78. The van der Waals surface area contributed by atoms with Gasteiger partial charge in [-0.1, -0.05) is 137 Å². The molecular weight excluding hydrogens is 898 g/mol. The Balaban J connectivity index is 0.901. The van der Waals surface area contributed by atoms with Crippen molar-refractivity contribution in [3.63, 3.8) is 0 Å². The van der Waals surface area contributed by atoms with E-state index in [4.69, 9.17) is 30.5 Å². The summed E-state index contributed by atoms with van der Waals surface area (Å²) in [6.07, 6.45) is 11.7. The third kappa shape index (κ3) is 13.8. The lowest BCUT2D eigenvalue weighted by atomic mass is 10.0. The molecule has 0 N–H and O–H groups in total. The molecule has 0 aliphatic carbocycles. The largest absolute Gasteiger partial charge is 0.423 e. The molecule has 0 radical (unpaired) electrons. The standard InChI is InChI=1S/C58H51ClF2O8/c1-3-5-7-9-11-38-13-17-40(18-14-38)42-21-25-44(26-22-42)55(62)68-53-31-29-46(33-51(53)60)57(64)66-49-35-48(59)36-50(37-49)67-58(65)47-30-32-54(52(61)34-47)69-56(63)45-27-23-43(24-28-45)41-19-15-39(16-20-41)12-10-8-6-4-2/h13-37H,3-12H2,1-2H3. The van der Waals surface area contributed by atoms with Crippen LogP contribution in [-0.4, -0.2) is 23.9 Å². The van der Waals surface area contributed by atoms with Gasteiger partial charge in [-0.15, -0.1) is 0 Å². The van der Waals surface area contributed by atoms with Gasteiger partial charge in [0, 0.05) is 11.1 Å². The normalized spacial score (nSPS) is 10.9. The van der Waals surface area contributed by atoms with E-state index in [0.717, 1.165) is 72.2 Å². The SMILES string of the molecule is CCCCCCc1ccc(-c2ccc(C(=O)Oc3ccc(C(=O)Oc4cc(Cl)cc(OC(=O)c5ccc(OC(=O)c6ccc(-c7ccc(CCCCCC)cc7)cc6)c(F)c5)c4)cc3F)cc2)cc1. The summed E-state index contributed by atoms with van der Waals surface area (Å²) in [5.41, 5.74) is 6.35. The van der Waals surface area contributed by atoms with E-state index in [-0.39, 0.29) is 38.8 Å². The summed E-state index contributed by atoms with van der Waals surface area (Å²) in [5, 5.41) is 0.0168. The van der Waals surface area contributed by atoms with Crippen LogP contribution in [0.25, 0.3) is 22.3 Å². The lowest BCUT2D eigenvalue weighted by molar-refractivity contribution is 0.0716. The Hall–Kier alpha value is -7.43. The Morgan fingerprint density at radius 2 is 0.725 bits per heavy atom. The molecule has 0 aromatic heterocycles. The molecule has 0 amide bonds. The quantitative estimate of drug-likeness (QED) is 0.0423. The molecule has 0 atom stereocenters. The van der Waals surface area contributed by atoms with E-state index in [9.17, 15) is 19.2 Å². The van der Waals surface area contributed by atoms with Crippen LogP contribution in [0.2, 0.25) is 5.02 Å². The maximum atomic E-state index is 15.2. The molecule has 7 aromatic rings. The van der Waals surface area contributed by atoms with Crippen molar-refractivity contribution in [2.75, 3.05) is 0 Å². The van der Waals surface area contributed by atoms with Gasteiger partial charge in [0.1, 0.15) is 11.5 Å². The van der Waals surface area contributed by atoms with Crippen molar-refractivity contribution in [2.45, 2.75) is 78.1 Å². The number of esters is 4. The van der Waals surface area contributed by atoms with Crippen molar-refractivity contribution < 1.29 is 46.9 Å². The number of halogens is 3. The van der Waals surface area contributed by atoms with Crippen molar-refractivity contribution in [2.24, 2.45) is 0 Å². The van der Waals surface area contributed by atoms with Gasteiger partial charge in [-0.2, -0.15) is 0 Å². The number of ether oxygens (including phenoxy) is 4. The molecule has 0 heterocycles. The van der Waals surface area contributed by atoms with Crippen molar-refractivity contribution in [3.8, 4) is 45.3 Å². The topological polar surface area (TPSA) is 105 Å². The van der Waals surface area contributed by atoms with E-state index in [1.807, 2.05) is 24.3 Å². The number of carbonyl (C=O) groups is 4. The van der Waals surface area contributed by atoms with Crippen LogP contribution in [0.15, 0.2) is 152 Å². The summed E-state index contributed by atoms with van der Waals surface area (Å²) in [6, 6.07) is 40.3. The zero-order valence-corrected chi connectivity index (χ0v) is 39.2. The van der Waals surface area contributed by atoms with Crippen molar-refractivity contribution in [1.82, 2.24) is 0 Å². The van der Waals surface area contributed by atoms with E-state index in [2.05, 4.69) is 38.1 Å². The second kappa shape index (κ2) is 24.0. The third-order valence-electron chi connectivity index (χ3n) is 11.5. The van der Waals surface area contributed by atoms with Crippen molar-refractivity contribution >= 4 is 35.5 Å². The zero-order valence-electron chi connectivity index (χ0n) is 38.4. The lowest BCUT2D eigenvalue weighted by Crippen LogP contribution is -2.13. The second-order valence-electron chi connectivity index (χ2n) is 16.6. The van der Waals surface area contributed by atoms with Gasteiger partial charge < -0.3 is 18.9 Å². The summed E-state index contributed by atoms with van der Waals surface area (Å²) >= 11 is 6.24. The first-order valence-electron chi connectivity index (χ1n) is 23.1. The number of hydrogen-bond donors (Lipinski definition) is 0. The predicted molar refractivity (Wildman–Crippen MR) is 264 cm³/mol. The Morgan fingerprint density at radius 1 is 0.391 bits per heavy atom. The molecule has 8 nitrogen and oxygen atoms in total. The Bertz CT molecular complexity index is 2700. The fourth-order valence-electron chi connectivity index (χ4n) is 7.56. The average molecular weight is 949 g/mol. The van der Waals surface area contributed by atoms with Crippen LogP contribution in [0.5, 0.6) is 23.0 Å². The van der Waals surface area contributed by atoms with Gasteiger partial charge in [0.15, 0.2) is 23.1 Å². The summed E-state index contributed by atoms with van der Waals surface area (Å²) in [6.45, 7) is 4.38. The molecule has 0 unspecified atom stereocenters. The van der Waals surface area contributed by atoms with Crippen LogP contribution in [-0.2, 0) is 12.8 Å². The average Bonchev–Trinajstić information content (AvgIpc) is 3.35. The van der Waals surface area contributed by atoms with E-state index in [1.54, 1.807) is 48.5 Å². The summed E-state index contributed by atoms with van der Waals surface area (Å²) in [4.78, 5) is 52.0. The van der Waals surface area contributed by atoms with Gasteiger partial charge >= 0.3 is 23.9 Å². The summed E-state index contributed by atoms with van der Waals surface area (Å²) in [7, 11) is 0. The van der Waals surface area contributed by atoms with Crippen LogP contribution in [0.3, 0.4) is 0 Å². The molecule has 0 spiro atoms. The van der Waals surface area contributed by atoms with Gasteiger partial charge in [0.05, 0.1) is 22.3 Å². The van der Waals surface area contributed by atoms with E-state index in [0.29, 0.717) is 0 Å². The number of benzene rings is 7. The molecule has 0 aliphatic heterocycles. The summed E-state index contributed by atoms with van der Waals surface area (Å²) in [5.74, 6) is -6.64. The highest BCUT2D eigenvalue weighted by Gasteiger charge is 2.20. The first-order valence-corrected chi connectivity index (χ1v) is 23.5. The minimum atomic E-state index is -0.993. The van der Waals surface area contributed by atoms with Gasteiger partial charge in [0.25, 0.3) is 0 Å². The van der Waals surface area contributed by atoms with Crippen molar-refractivity contribution in [3.05, 3.63) is 202 Å². The maximum Gasteiger partial charge on any atom is 0.343 e. The number of unbranched alkanes of at least 4 members (excludes halogenated alkanes) is 6. The first kappa shape index (κ1) is 49.5. The highest BCUT2D eigenvalue weighted by Crippen LogP contribution is 2.30. The predicted octanol–water partition coefficient (Wildman–Crippen LogP) is 15.1. The molecule has 7 rings (SSSR count). The molecule has 0 aliphatic rings. The van der Waals surface area contributed by atoms with E-state index in [1.165, 1.54) is 80.0 Å². The number of aryl methyl sites for hydroxylation is 2. The molecule has 11 heteroatoms. The monoisotopic (exact) mass is 948 g/mol. The molecular formula is C58H51ClF2O8. The smallest absolute Gasteiger partial charge is 0.343 e. The second-order valence-corrected chi connectivity index (χ2v) is 17.1. The molecule has 0 fully saturated rings. The minimum Gasteiger partial charge on any atom is -0.423 e. The van der Waals surface area contributed by atoms with Gasteiger partial charge in [-0.3, -0.25) is 0 Å². The number of carbonyl (C=O) groups excluding carboxylic acids is 4. The number of rotatable bonds is 20. The van der Waals surface area contributed by atoms with Gasteiger partial charge in [-0.05, 0) is 132 Å². The third-order valence-corrected chi connectivity index (χ3v) is 11.7. The maximum absolute atomic E-state index is 15.2. The first-order chi connectivity index (χ1) is 33.5. The highest BCUT2D eigenvalue weighted by atomic mass is 35.5. The van der Waals surface area contributed by atoms with E-state index >= 15 is 8.78 Å². The van der Waals surface area contributed by atoms with Crippen molar-refractivity contribution in [1.29, 1.82) is 0 Å². The fraction of sp³-hybridized carbons (Fsp3) is 0.207. The van der Waals surface area contributed by atoms with Crippen LogP contribution in [0, 0.1) is 11.6 Å². The van der Waals surface area contributed by atoms with Gasteiger partial charge in [0.2, 0.25) is 0 Å². The Kier molecular flexibility index (Phi) is 17.2. The summed E-state index contributed by atoms with van der Waals surface area (Å²) < 4.78 is 51.8. The molecule has 0 saturated heterocycles. The lowest BCUT2D eigenvalue weighted by Gasteiger charge is -2.11. The Morgan fingerprint density at radius 3 is 1.07 bits per heavy atom. The highest BCUT2D eigenvalue weighted by molar-refractivity contribution is 6.31. The molecule has 352 valence electrons. The zero-order chi connectivity index (χ0) is 48.7. The van der Waals surface area contributed by atoms with Crippen LogP contribution < -0.4 is 18.9 Å². The van der Waals surface area contributed by atoms with E-state index < -0.39 is 47.0 Å². The van der Waals surface area contributed by atoms with Crippen LogP contribution in [0.1, 0.15) is 118 Å². The van der Waals surface area contributed by atoms with Crippen LogP contribution in [0.4, 0.5) is 8.78 Å². The molecule has 7 aromatic carbocycles. The molecule has 0 bridgehead atoms. The molecule has 69 heavy (non-hydrogen) atoms. The minimum absolute atomic E-state index is 0.0168.